The number of aryl methyl sites for hydroxylation is 1. The van der Waals surface area contributed by atoms with Crippen LogP contribution in [0.3, 0.4) is 0 Å². The molecule has 0 aromatic heterocycles. The van der Waals surface area contributed by atoms with Gasteiger partial charge in [0.25, 0.3) is 5.91 Å². The molecule has 3 nitrogen and oxygen atoms in total. The molecule has 5 heteroatoms. The molecule has 20 heavy (non-hydrogen) atoms. The van der Waals surface area contributed by atoms with Crippen LogP contribution >= 0.6 is 12.4 Å². The first-order valence-corrected chi connectivity index (χ1v) is 6.57. The van der Waals surface area contributed by atoms with Crippen molar-refractivity contribution in [1.82, 2.24) is 5.32 Å². The SMILES string of the molecule is Cc1cccc(C(=O)NC(C)(CN)CC(C)C)c1F.Cl. The maximum absolute atomic E-state index is 13.9. The Morgan fingerprint density at radius 1 is 1.45 bits per heavy atom. The molecule has 0 bridgehead atoms. The zero-order valence-electron chi connectivity index (χ0n) is 12.5. The number of nitrogens with two attached hydrogens (primary N) is 1. The summed E-state index contributed by atoms with van der Waals surface area (Å²) in [6, 6.07) is 4.81. The summed E-state index contributed by atoms with van der Waals surface area (Å²) in [7, 11) is 0. The van der Waals surface area contributed by atoms with Gasteiger partial charge in [0.15, 0.2) is 0 Å². The van der Waals surface area contributed by atoms with E-state index in [-0.39, 0.29) is 18.0 Å². The van der Waals surface area contributed by atoms with Crippen LogP contribution in [0, 0.1) is 18.7 Å². The Balaban J connectivity index is 0.00000361. The Kier molecular flexibility index (Phi) is 7.17. The van der Waals surface area contributed by atoms with Crippen LogP contribution in [0.1, 0.15) is 43.1 Å². The molecule has 0 spiro atoms. The van der Waals surface area contributed by atoms with Crippen LogP contribution in [0.15, 0.2) is 18.2 Å². The van der Waals surface area contributed by atoms with E-state index in [1.165, 1.54) is 6.07 Å². The van der Waals surface area contributed by atoms with E-state index in [4.69, 9.17) is 5.73 Å². The highest BCUT2D eigenvalue weighted by Gasteiger charge is 2.27. The first kappa shape index (κ1) is 18.9. The summed E-state index contributed by atoms with van der Waals surface area (Å²) < 4.78 is 13.9. The second-order valence-electron chi connectivity index (χ2n) is 5.75. The predicted molar refractivity (Wildman–Crippen MR) is 82.8 cm³/mol. The highest BCUT2D eigenvalue weighted by Crippen LogP contribution is 2.18. The second kappa shape index (κ2) is 7.60. The molecule has 0 radical (unpaired) electrons. The van der Waals surface area contributed by atoms with Gasteiger partial charge in [-0.1, -0.05) is 26.0 Å². The number of benzene rings is 1. The van der Waals surface area contributed by atoms with Crippen LogP contribution in [-0.2, 0) is 0 Å². The van der Waals surface area contributed by atoms with E-state index in [0.717, 1.165) is 6.42 Å². The molecule has 1 rings (SSSR count). The number of carbonyl (C=O) groups excluding carboxylic acids is 1. The Bertz CT molecular complexity index is 465. The smallest absolute Gasteiger partial charge is 0.254 e. The van der Waals surface area contributed by atoms with Crippen molar-refractivity contribution in [3.05, 3.63) is 35.1 Å². The van der Waals surface area contributed by atoms with Crippen molar-refractivity contribution < 1.29 is 9.18 Å². The standard InChI is InChI=1S/C15H23FN2O.ClH/c1-10(2)8-15(4,9-17)18-14(19)12-7-5-6-11(3)13(12)16;/h5-7,10H,8-9,17H2,1-4H3,(H,18,19);1H. The largest absolute Gasteiger partial charge is 0.346 e. The van der Waals surface area contributed by atoms with Crippen LogP contribution in [0.25, 0.3) is 0 Å². The summed E-state index contributed by atoms with van der Waals surface area (Å²) in [6.07, 6.45) is 0.753. The fourth-order valence-electron chi connectivity index (χ4n) is 2.25. The lowest BCUT2D eigenvalue weighted by Gasteiger charge is -2.31. The number of halogens is 2. The van der Waals surface area contributed by atoms with Gasteiger partial charge in [0.1, 0.15) is 5.82 Å². The van der Waals surface area contributed by atoms with Crippen molar-refractivity contribution in [1.29, 1.82) is 0 Å². The highest BCUT2D eigenvalue weighted by molar-refractivity contribution is 5.95. The van der Waals surface area contributed by atoms with Gasteiger partial charge in [0, 0.05) is 12.1 Å². The third-order valence-corrected chi connectivity index (χ3v) is 3.16. The van der Waals surface area contributed by atoms with Crippen LogP contribution in [0.5, 0.6) is 0 Å². The number of hydrogen-bond donors (Lipinski definition) is 2. The second-order valence-corrected chi connectivity index (χ2v) is 5.75. The highest BCUT2D eigenvalue weighted by atomic mass is 35.5. The Morgan fingerprint density at radius 3 is 2.55 bits per heavy atom. The summed E-state index contributed by atoms with van der Waals surface area (Å²) >= 11 is 0. The molecule has 1 aromatic carbocycles. The van der Waals surface area contributed by atoms with Gasteiger partial charge < -0.3 is 11.1 Å². The lowest BCUT2D eigenvalue weighted by atomic mass is 9.90. The van der Waals surface area contributed by atoms with E-state index in [1.807, 2.05) is 6.92 Å². The van der Waals surface area contributed by atoms with Gasteiger partial charge >= 0.3 is 0 Å². The van der Waals surface area contributed by atoms with Gasteiger partial charge in [-0.25, -0.2) is 4.39 Å². The van der Waals surface area contributed by atoms with Gasteiger partial charge in [0.2, 0.25) is 0 Å². The molecular formula is C15H24ClFN2O. The van der Waals surface area contributed by atoms with Crippen LogP contribution < -0.4 is 11.1 Å². The summed E-state index contributed by atoms with van der Waals surface area (Å²) in [5.41, 5.74) is 5.77. The normalized spacial score (nSPS) is 13.6. The first-order valence-electron chi connectivity index (χ1n) is 6.57. The van der Waals surface area contributed by atoms with Gasteiger partial charge in [0.05, 0.1) is 5.56 Å². The Morgan fingerprint density at radius 2 is 2.05 bits per heavy atom. The zero-order valence-corrected chi connectivity index (χ0v) is 13.3. The molecule has 1 unspecified atom stereocenters. The van der Waals surface area contributed by atoms with Gasteiger partial charge in [-0.2, -0.15) is 0 Å². The molecule has 0 aliphatic rings. The van der Waals surface area contributed by atoms with Crippen LogP contribution in [0.4, 0.5) is 4.39 Å². The average Bonchev–Trinajstić information content (AvgIpc) is 2.31. The minimum absolute atomic E-state index is 0. The topological polar surface area (TPSA) is 55.1 Å². The van der Waals surface area contributed by atoms with Gasteiger partial charge in [-0.05, 0) is 37.8 Å². The van der Waals surface area contributed by atoms with E-state index in [0.29, 0.717) is 18.0 Å². The fourth-order valence-corrected chi connectivity index (χ4v) is 2.25. The summed E-state index contributed by atoms with van der Waals surface area (Å²) in [6.45, 7) is 7.98. The van der Waals surface area contributed by atoms with E-state index < -0.39 is 17.3 Å². The third kappa shape index (κ3) is 4.76. The minimum Gasteiger partial charge on any atom is -0.346 e. The van der Waals surface area contributed by atoms with E-state index in [1.54, 1.807) is 19.1 Å². The van der Waals surface area contributed by atoms with Crippen molar-refractivity contribution in [2.75, 3.05) is 6.54 Å². The van der Waals surface area contributed by atoms with E-state index in [9.17, 15) is 9.18 Å². The quantitative estimate of drug-likeness (QED) is 0.878. The average molecular weight is 303 g/mol. The molecule has 0 fully saturated rings. The molecular weight excluding hydrogens is 279 g/mol. The number of hydrogen-bond acceptors (Lipinski definition) is 2. The fraction of sp³-hybridized carbons (Fsp3) is 0.533. The molecule has 1 aromatic rings. The Labute approximate surface area is 126 Å². The maximum Gasteiger partial charge on any atom is 0.254 e. The number of rotatable bonds is 5. The number of amides is 1. The predicted octanol–water partition coefficient (Wildman–Crippen LogP) is 3.05. The number of carbonyl (C=O) groups is 1. The van der Waals surface area contributed by atoms with Gasteiger partial charge in [-0.3, -0.25) is 4.79 Å². The van der Waals surface area contributed by atoms with Crippen LogP contribution in [-0.4, -0.2) is 18.0 Å². The Hall–Kier alpha value is -1.13. The molecule has 0 aliphatic heterocycles. The lowest BCUT2D eigenvalue weighted by molar-refractivity contribution is 0.0894. The summed E-state index contributed by atoms with van der Waals surface area (Å²) in [4.78, 5) is 12.2. The lowest BCUT2D eigenvalue weighted by Crippen LogP contribution is -2.52. The molecule has 114 valence electrons. The van der Waals surface area contributed by atoms with E-state index in [2.05, 4.69) is 19.2 Å². The zero-order chi connectivity index (χ0) is 14.6. The monoisotopic (exact) mass is 302 g/mol. The maximum atomic E-state index is 13.9. The van der Waals surface area contributed by atoms with Crippen molar-refractivity contribution in [2.24, 2.45) is 11.7 Å². The van der Waals surface area contributed by atoms with Crippen LogP contribution in [0.2, 0.25) is 0 Å². The molecule has 0 saturated carbocycles. The minimum atomic E-state index is -0.512. The third-order valence-electron chi connectivity index (χ3n) is 3.16. The van der Waals surface area contributed by atoms with Crippen molar-refractivity contribution in [2.45, 2.75) is 39.7 Å². The summed E-state index contributed by atoms with van der Waals surface area (Å²) in [5.74, 6) is -0.477. The number of nitrogens with one attached hydrogen (secondary N) is 1. The van der Waals surface area contributed by atoms with Crippen molar-refractivity contribution in [3.8, 4) is 0 Å². The molecule has 0 saturated heterocycles. The summed E-state index contributed by atoms with van der Waals surface area (Å²) in [5, 5.41) is 2.85. The van der Waals surface area contributed by atoms with Crippen molar-refractivity contribution >= 4 is 18.3 Å². The molecule has 3 N–H and O–H groups in total. The van der Waals surface area contributed by atoms with Gasteiger partial charge in [-0.15, -0.1) is 12.4 Å². The van der Waals surface area contributed by atoms with E-state index >= 15 is 0 Å². The molecule has 0 aliphatic carbocycles. The first-order chi connectivity index (χ1) is 8.79. The van der Waals surface area contributed by atoms with Crippen molar-refractivity contribution in [3.63, 3.8) is 0 Å². The molecule has 1 amide bonds. The molecule has 0 heterocycles. The molecule has 1 atom stereocenters.